The number of carbonyl (C=O) groups excluding carboxylic acids is 1. The lowest BCUT2D eigenvalue weighted by Crippen LogP contribution is -2.52. The number of aryl methyl sites for hydroxylation is 1. The van der Waals surface area contributed by atoms with Gasteiger partial charge >= 0.3 is 0 Å². The van der Waals surface area contributed by atoms with Crippen molar-refractivity contribution in [2.24, 2.45) is 7.05 Å². The highest BCUT2D eigenvalue weighted by Gasteiger charge is 2.39. The topological polar surface area (TPSA) is 50.2 Å². The normalized spacial score (nSPS) is 19.6. The zero-order chi connectivity index (χ0) is 17.3. The van der Waals surface area contributed by atoms with Gasteiger partial charge in [0.25, 0.3) is 0 Å². The Morgan fingerprint density at radius 2 is 2.04 bits per heavy atom. The maximum atomic E-state index is 13.2. The van der Waals surface area contributed by atoms with E-state index in [9.17, 15) is 4.79 Å². The van der Waals surface area contributed by atoms with E-state index in [1.54, 1.807) is 0 Å². The molecule has 2 unspecified atom stereocenters. The third-order valence-corrected chi connectivity index (χ3v) is 5.35. The van der Waals surface area contributed by atoms with Gasteiger partial charge < -0.3 is 5.32 Å². The third kappa shape index (κ3) is 2.73. The maximum absolute atomic E-state index is 13.2. The average Bonchev–Trinajstić information content (AvgIpc) is 2.97. The summed E-state index contributed by atoms with van der Waals surface area (Å²) in [5.41, 5.74) is 2.68. The van der Waals surface area contributed by atoms with E-state index in [0.717, 1.165) is 30.4 Å². The van der Waals surface area contributed by atoms with E-state index in [0.29, 0.717) is 0 Å². The van der Waals surface area contributed by atoms with Gasteiger partial charge in [-0.3, -0.25) is 14.4 Å². The molecule has 2 aromatic rings. The van der Waals surface area contributed by atoms with Crippen molar-refractivity contribution in [2.45, 2.75) is 37.8 Å². The quantitative estimate of drug-likeness (QED) is 0.938. The van der Waals surface area contributed by atoms with Crippen molar-refractivity contribution < 1.29 is 4.79 Å². The number of nitrogens with zero attached hydrogens (tertiary/aromatic N) is 3. The highest BCUT2D eigenvalue weighted by atomic mass is 16.2. The number of likely N-dealkylation sites (N-methyl/N-ethyl adjacent to an activating group) is 1. The highest BCUT2D eigenvalue weighted by molar-refractivity contribution is 5.87. The summed E-state index contributed by atoms with van der Waals surface area (Å²) in [6.45, 7) is 1.98. The van der Waals surface area contributed by atoms with Crippen LogP contribution in [0.4, 0.5) is 0 Å². The van der Waals surface area contributed by atoms with E-state index < -0.39 is 5.54 Å². The lowest BCUT2D eigenvalue weighted by molar-refractivity contribution is -0.132. The second kappa shape index (κ2) is 6.40. The predicted molar refractivity (Wildman–Crippen MR) is 94.5 cm³/mol. The number of amides is 1. The molecule has 128 valence electrons. The molecule has 5 heteroatoms. The number of benzene rings is 1. The van der Waals surface area contributed by atoms with E-state index in [1.807, 2.05) is 74.2 Å². The van der Waals surface area contributed by atoms with Crippen LogP contribution < -0.4 is 5.32 Å². The van der Waals surface area contributed by atoms with Crippen LogP contribution in [0.25, 0.3) is 0 Å². The first-order chi connectivity index (χ1) is 11.4. The van der Waals surface area contributed by atoms with Crippen molar-refractivity contribution >= 4 is 5.91 Å². The van der Waals surface area contributed by atoms with Crippen molar-refractivity contribution in [1.82, 2.24) is 20.0 Å². The molecule has 0 aliphatic heterocycles. The van der Waals surface area contributed by atoms with Crippen molar-refractivity contribution in [1.29, 1.82) is 0 Å². The number of hydrogen-bond acceptors (Lipinski definition) is 3. The fourth-order valence-electron chi connectivity index (χ4n) is 3.51. The Kier molecular flexibility index (Phi) is 4.45. The molecular formula is C19H26N4O. The van der Waals surface area contributed by atoms with Crippen LogP contribution in [0.1, 0.15) is 42.6 Å². The van der Waals surface area contributed by atoms with Crippen LogP contribution in [0.3, 0.4) is 0 Å². The Labute approximate surface area is 143 Å². The van der Waals surface area contributed by atoms with Crippen molar-refractivity contribution in [3.8, 4) is 0 Å². The van der Waals surface area contributed by atoms with Gasteiger partial charge in [-0.15, -0.1) is 0 Å². The number of fused-ring (bicyclic) bond motifs is 1. The van der Waals surface area contributed by atoms with Crippen molar-refractivity contribution in [2.75, 3.05) is 14.1 Å². The van der Waals surface area contributed by atoms with Gasteiger partial charge in [0.15, 0.2) is 0 Å². The van der Waals surface area contributed by atoms with Crippen molar-refractivity contribution in [3.05, 3.63) is 53.3 Å². The first-order valence-electron chi connectivity index (χ1n) is 8.49. The van der Waals surface area contributed by atoms with Gasteiger partial charge in [-0.1, -0.05) is 30.3 Å². The Morgan fingerprint density at radius 1 is 1.33 bits per heavy atom. The number of nitrogens with one attached hydrogen (secondary N) is 1. The molecule has 1 amide bonds. The number of rotatable bonds is 4. The van der Waals surface area contributed by atoms with Gasteiger partial charge in [0, 0.05) is 18.3 Å². The molecule has 0 saturated heterocycles. The molecule has 1 aromatic heterocycles. The van der Waals surface area contributed by atoms with E-state index in [1.165, 1.54) is 5.69 Å². The number of aromatic nitrogens is 2. The third-order valence-electron chi connectivity index (χ3n) is 5.35. The second-order valence-corrected chi connectivity index (χ2v) is 6.92. The molecule has 2 atom stereocenters. The second-order valence-electron chi connectivity index (χ2n) is 6.92. The molecular weight excluding hydrogens is 300 g/mol. The minimum Gasteiger partial charge on any atom is -0.347 e. The summed E-state index contributed by atoms with van der Waals surface area (Å²) in [5.74, 6) is 0.0282. The minimum atomic E-state index is -0.707. The van der Waals surface area contributed by atoms with E-state index in [2.05, 4.69) is 10.4 Å². The molecule has 5 nitrogen and oxygen atoms in total. The Bertz CT molecular complexity index is 722. The highest BCUT2D eigenvalue weighted by Crippen LogP contribution is 2.32. The zero-order valence-electron chi connectivity index (χ0n) is 14.9. The van der Waals surface area contributed by atoms with Gasteiger partial charge in [-0.2, -0.15) is 5.10 Å². The molecule has 0 fully saturated rings. The van der Waals surface area contributed by atoms with Crippen LogP contribution in [0, 0.1) is 0 Å². The standard InChI is InChI=1S/C19H26N4O/c1-19(22(2)3,14-9-6-5-7-10-14)18(24)21-16-11-8-12-17-15(16)13-20-23(17)4/h5-7,9-10,13,16H,8,11-12H2,1-4H3,(H,21,24). The zero-order valence-corrected chi connectivity index (χ0v) is 14.9. The summed E-state index contributed by atoms with van der Waals surface area (Å²) in [4.78, 5) is 15.2. The average molecular weight is 326 g/mol. The minimum absolute atomic E-state index is 0.0282. The van der Waals surface area contributed by atoms with Crippen LogP contribution in [0.5, 0.6) is 0 Å². The van der Waals surface area contributed by atoms with Crippen LogP contribution in [0.15, 0.2) is 36.5 Å². The molecule has 1 aliphatic rings. The van der Waals surface area contributed by atoms with E-state index in [-0.39, 0.29) is 11.9 Å². The lowest BCUT2D eigenvalue weighted by Gasteiger charge is -2.37. The molecule has 1 heterocycles. The van der Waals surface area contributed by atoms with Crippen molar-refractivity contribution in [3.63, 3.8) is 0 Å². The molecule has 1 aliphatic carbocycles. The van der Waals surface area contributed by atoms with Crippen LogP contribution in [0.2, 0.25) is 0 Å². The Hall–Kier alpha value is -2.14. The van der Waals surface area contributed by atoms with Crippen LogP contribution in [-0.4, -0.2) is 34.7 Å². The van der Waals surface area contributed by atoms with Crippen LogP contribution >= 0.6 is 0 Å². The molecule has 24 heavy (non-hydrogen) atoms. The summed E-state index contributed by atoms with van der Waals surface area (Å²) in [7, 11) is 5.86. The molecule has 3 rings (SSSR count). The van der Waals surface area contributed by atoms with Gasteiger partial charge in [0.1, 0.15) is 5.54 Å². The van der Waals surface area contributed by atoms with Gasteiger partial charge in [-0.05, 0) is 45.8 Å². The van der Waals surface area contributed by atoms with Gasteiger partial charge in [0.2, 0.25) is 5.91 Å². The SMILES string of the molecule is CN(C)C(C)(C(=O)NC1CCCc2c1cnn2C)c1ccccc1. The fraction of sp³-hybridized carbons (Fsp3) is 0.474. The molecule has 1 N–H and O–H groups in total. The van der Waals surface area contributed by atoms with Gasteiger partial charge in [-0.25, -0.2) is 0 Å². The first-order valence-corrected chi connectivity index (χ1v) is 8.49. The molecule has 0 spiro atoms. The van der Waals surface area contributed by atoms with Crippen LogP contribution in [-0.2, 0) is 23.8 Å². The fourth-order valence-corrected chi connectivity index (χ4v) is 3.51. The summed E-state index contributed by atoms with van der Waals surface area (Å²) in [6, 6.07) is 9.99. The monoisotopic (exact) mass is 326 g/mol. The lowest BCUT2D eigenvalue weighted by atomic mass is 9.87. The number of carbonyl (C=O) groups is 1. The maximum Gasteiger partial charge on any atom is 0.245 e. The molecule has 0 radical (unpaired) electrons. The van der Waals surface area contributed by atoms with Gasteiger partial charge in [0.05, 0.1) is 12.2 Å². The Morgan fingerprint density at radius 3 is 2.71 bits per heavy atom. The molecule has 1 aromatic carbocycles. The molecule has 0 bridgehead atoms. The number of hydrogen-bond donors (Lipinski definition) is 1. The first kappa shape index (κ1) is 16.7. The van der Waals surface area contributed by atoms with E-state index >= 15 is 0 Å². The summed E-state index contributed by atoms with van der Waals surface area (Å²) >= 11 is 0. The van der Waals surface area contributed by atoms with E-state index in [4.69, 9.17) is 0 Å². The largest absolute Gasteiger partial charge is 0.347 e. The summed E-state index contributed by atoms with van der Waals surface area (Å²) in [6.07, 6.45) is 4.96. The smallest absolute Gasteiger partial charge is 0.245 e. The predicted octanol–water partition coefficient (Wildman–Crippen LogP) is 2.39. The summed E-state index contributed by atoms with van der Waals surface area (Å²) < 4.78 is 1.93. The summed E-state index contributed by atoms with van der Waals surface area (Å²) in [5, 5.41) is 7.64. The molecule has 0 saturated carbocycles. The Balaban J connectivity index is 1.88.